The summed E-state index contributed by atoms with van der Waals surface area (Å²) in [6, 6.07) is -0.927. The summed E-state index contributed by atoms with van der Waals surface area (Å²) in [6.07, 6.45) is -13.7. The van der Waals surface area contributed by atoms with Gasteiger partial charge in [0.25, 0.3) is 0 Å². The molecule has 1 amide bonds. The zero-order valence-electron chi connectivity index (χ0n) is 14.7. The van der Waals surface area contributed by atoms with E-state index in [-0.39, 0.29) is 0 Å². The first-order valence-electron chi connectivity index (χ1n) is 8.37. The Labute approximate surface area is 154 Å². The maximum atomic E-state index is 11.5. The quantitative estimate of drug-likeness (QED) is 0.239. The van der Waals surface area contributed by atoms with Gasteiger partial charge in [-0.2, -0.15) is 0 Å². The van der Waals surface area contributed by atoms with Gasteiger partial charge in [-0.1, -0.05) is 0 Å². The lowest BCUT2D eigenvalue weighted by Crippen LogP contribution is -2.67. The number of carboxylic acid groups (broad SMARTS) is 1. The second-order valence-electron chi connectivity index (χ2n) is 6.61. The van der Waals surface area contributed by atoms with Crippen LogP contribution in [0.15, 0.2) is 0 Å². The fourth-order valence-electron chi connectivity index (χ4n) is 3.20. The van der Waals surface area contributed by atoms with E-state index in [1.54, 1.807) is 6.92 Å². The van der Waals surface area contributed by atoms with Crippen LogP contribution in [-0.2, 0) is 23.8 Å². The van der Waals surface area contributed by atoms with Crippen molar-refractivity contribution < 1.29 is 54.4 Å². The molecule has 0 aromatic carbocycles. The molecular formula is C15H25NO11. The van der Waals surface area contributed by atoms with Gasteiger partial charge in [-0.3, -0.25) is 4.79 Å². The van der Waals surface area contributed by atoms with Crippen LogP contribution in [0, 0.1) is 0 Å². The Bertz CT molecular complexity index is 546. The largest absolute Gasteiger partial charge is 0.479 e. The number of carbonyl (C=O) groups is 2. The standard InChI is InChI=1S/C15H25NO11/c1-4-7(16-5(2)18)12(8(19)6(3-17)25-4)26-15-11(22)9(20)10(21)13(27-15)14(23)24/h4,6-13,15,17,19-22H,3H2,1-2H3,(H,16,18)(H,23,24)/t4-,6?,7?,8+,9?,10-,11?,12?,13?,15+/m0/s1. The van der Waals surface area contributed by atoms with E-state index in [2.05, 4.69) is 5.32 Å². The van der Waals surface area contributed by atoms with Gasteiger partial charge in [-0.15, -0.1) is 0 Å². The van der Waals surface area contributed by atoms with Crippen molar-refractivity contribution >= 4 is 11.9 Å². The first-order valence-corrected chi connectivity index (χ1v) is 8.37. The molecule has 27 heavy (non-hydrogen) atoms. The van der Waals surface area contributed by atoms with Crippen molar-refractivity contribution in [2.75, 3.05) is 6.61 Å². The summed E-state index contributed by atoms with van der Waals surface area (Å²) in [5, 5.41) is 61.0. The normalized spacial score (nSPS) is 45.3. The van der Waals surface area contributed by atoms with Gasteiger partial charge < -0.3 is 50.2 Å². The van der Waals surface area contributed by atoms with Crippen LogP contribution >= 0.6 is 0 Å². The van der Waals surface area contributed by atoms with Crippen molar-refractivity contribution in [1.29, 1.82) is 0 Å². The third-order valence-corrected chi connectivity index (χ3v) is 4.62. The third-order valence-electron chi connectivity index (χ3n) is 4.62. The Morgan fingerprint density at radius 2 is 1.67 bits per heavy atom. The molecule has 0 saturated carbocycles. The van der Waals surface area contributed by atoms with Gasteiger partial charge in [0, 0.05) is 6.92 Å². The molecule has 2 heterocycles. The number of hydrogen-bond donors (Lipinski definition) is 7. The molecule has 0 bridgehead atoms. The maximum Gasteiger partial charge on any atom is 0.335 e. The van der Waals surface area contributed by atoms with Crippen molar-refractivity contribution in [3.63, 3.8) is 0 Å². The van der Waals surface area contributed by atoms with Crippen LogP contribution < -0.4 is 5.32 Å². The smallest absolute Gasteiger partial charge is 0.335 e. The number of carboxylic acids is 1. The second-order valence-corrected chi connectivity index (χ2v) is 6.61. The van der Waals surface area contributed by atoms with E-state index in [0.717, 1.165) is 0 Å². The Morgan fingerprint density at radius 1 is 1.04 bits per heavy atom. The predicted octanol–water partition coefficient (Wildman–Crippen LogP) is -4.09. The first-order chi connectivity index (χ1) is 12.6. The number of rotatable bonds is 5. The van der Waals surface area contributed by atoms with Crippen LogP contribution in [-0.4, -0.2) is 110 Å². The summed E-state index contributed by atoms with van der Waals surface area (Å²) < 4.78 is 16.0. The fraction of sp³-hybridized carbons (Fsp3) is 0.867. The summed E-state index contributed by atoms with van der Waals surface area (Å²) in [5.74, 6) is -2.06. The van der Waals surface area contributed by atoms with Crippen molar-refractivity contribution in [3.05, 3.63) is 0 Å². The minimum atomic E-state index is -1.90. The summed E-state index contributed by atoms with van der Waals surface area (Å²) in [4.78, 5) is 22.7. The lowest BCUT2D eigenvalue weighted by molar-refractivity contribution is -0.325. The number of aliphatic hydroxyl groups is 5. The van der Waals surface area contributed by atoms with Gasteiger partial charge in [0.05, 0.1) is 18.8 Å². The van der Waals surface area contributed by atoms with Gasteiger partial charge in [0.2, 0.25) is 5.91 Å². The molecule has 6 unspecified atom stereocenters. The highest BCUT2D eigenvalue weighted by molar-refractivity contribution is 5.73. The van der Waals surface area contributed by atoms with Crippen LogP contribution in [0.2, 0.25) is 0 Å². The molecule has 12 nitrogen and oxygen atoms in total. The molecule has 12 heteroatoms. The SMILES string of the molecule is CC(=O)NC1C(O[C@@H]2OC(C(=O)O)[C@@H](O)C(O)C2O)[C@H](O)C(CO)O[C@H]1C. The van der Waals surface area contributed by atoms with Crippen LogP contribution in [0.25, 0.3) is 0 Å². The first kappa shape index (κ1) is 21.9. The van der Waals surface area contributed by atoms with Gasteiger partial charge >= 0.3 is 5.97 Å². The Hall–Kier alpha value is -1.38. The number of ether oxygens (including phenoxy) is 3. The molecule has 0 aromatic rings. The van der Waals surface area contributed by atoms with E-state index in [1.165, 1.54) is 6.92 Å². The van der Waals surface area contributed by atoms with Gasteiger partial charge in [0.1, 0.15) is 36.6 Å². The van der Waals surface area contributed by atoms with Gasteiger partial charge in [-0.25, -0.2) is 4.79 Å². The molecule has 2 saturated heterocycles. The van der Waals surface area contributed by atoms with Crippen molar-refractivity contribution in [3.8, 4) is 0 Å². The van der Waals surface area contributed by atoms with Crippen LogP contribution in [0.5, 0.6) is 0 Å². The summed E-state index contributed by atoms with van der Waals surface area (Å²) >= 11 is 0. The highest BCUT2D eigenvalue weighted by atomic mass is 16.7. The van der Waals surface area contributed by atoms with Crippen molar-refractivity contribution in [2.45, 2.75) is 75.0 Å². The monoisotopic (exact) mass is 395 g/mol. The highest BCUT2D eigenvalue weighted by Crippen LogP contribution is 2.29. The summed E-state index contributed by atoms with van der Waals surface area (Å²) in [7, 11) is 0. The molecule has 0 spiro atoms. The zero-order chi connectivity index (χ0) is 20.5. The minimum absolute atomic E-state index is 0.470. The number of amides is 1. The topological polar surface area (TPSA) is 195 Å². The zero-order valence-corrected chi connectivity index (χ0v) is 14.7. The van der Waals surface area contributed by atoms with E-state index >= 15 is 0 Å². The summed E-state index contributed by atoms with van der Waals surface area (Å²) in [5.41, 5.74) is 0. The molecule has 156 valence electrons. The number of hydrogen-bond acceptors (Lipinski definition) is 10. The molecule has 0 aliphatic carbocycles. The molecule has 2 aliphatic heterocycles. The molecule has 0 radical (unpaired) electrons. The van der Waals surface area contributed by atoms with E-state index in [4.69, 9.17) is 19.3 Å². The molecule has 10 atom stereocenters. The second kappa shape index (κ2) is 8.75. The maximum absolute atomic E-state index is 11.5. The third kappa shape index (κ3) is 4.55. The molecule has 2 aliphatic rings. The van der Waals surface area contributed by atoms with E-state index in [1.807, 2.05) is 0 Å². The molecule has 2 rings (SSSR count). The molecule has 0 aromatic heterocycles. The van der Waals surface area contributed by atoms with Crippen LogP contribution in [0.3, 0.4) is 0 Å². The minimum Gasteiger partial charge on any atom is -0.479 e. The Morgan fingerprint density at radius 3 is 2.19 bits per heavy atom. The highest BCUT2D eigenvalue weighted by Gasteiger charge is 2.51. The Kier molecular flexibility index (Phi) is 7.10. The lowest BCUT2D eigenvalue weighted by Gasteiger charge is -2.46. The van der Waals surface area contributed by atoms with Crippen LogP contribution in [0.4, 0.5) is 0 Å². The van der Waals surface area contributed by atoms with E-state index in [9.17, 15) is 35.1 Å². The summed E-state index contributed by atoms with van der Waals surface area (Å²) in [6.45, 7) is 2.22. The molecule has 7 N–H and O–H groups in total. The predicted molar refractivity (Wildman–Crippen MR) is 84.2 cm³/mol. The van der Waals surface area contributed by atoms with Crippen molar-refractivity contribution in [1.82, 2.24) is 5.32 Å². The Balaban J connectivity index is 2.25. The number of aliphatic hydroxyl groups excluding tert-OH is 5. The average Bonchev–Trinajstić information content (AvgIpc) is 2.60. The van der Waals surface area contributed by atoms with E-state index < -0.39 is 79.6 Å². The van der Waals surface area contributed by atoms with Crippen molar-refractivity contribution in [2.24, 2.45) is 0 Å². The van der Waals surface area contributed by atoms with E-state index in [0.29, 0.717) is 0 Å². The number of nitrogens with one attached hydrogen (secondary N) is 1. The van der Waals surface area contributed by atoms with Gasteiger partial charge in [0.15, 0.2) is 12.4 Å². The molecule has 2 fully saturated rings. The fourth-order valence-corrected chi connectivity index (χ4v) is 3.20. The number of aliphatic carboxylic acids is 1. The average molecular weight is 395 g/mol. The molecular weight excluding hydrogens is 370 g/mol. The van der Waals surface area contributed by atoms with Crippen LogP contribution in [0.1, 0.15) is 13.8 Å². The lowest BCUT2D eigenvalue weighted by atomic mass is 9.92. The number of carbonyl (C=O) groups excluding carboxylic acids is 1. The van der Waals surface area contributed by atoms with Gasteiger partial charge in [-0.05, 0) is 6.92 Å².